The van der Waals surface area contributed by atoms with Gasteiger partial charge in [0.2, 0.25) is 0 Å². The molecule has 0 radical (unpaired) electrons. The Labute approximate surface area is 153 Å². The van der Waals surface area contributed by atoms with E-state index in [-0.39, 0.29) is 12.5 Å². The summed E-state index contributed by atoms with van der Waals surface area (Å²) in [5.74, 6) is 0.0213. The molecule has 0 unspecified atom stereocenters. The second-order valence-corrected chi connectivity index (χ2v) is 6.38. The van der Waals surface area contributed by atoms with Gasteiger partial charge in [0.15, 0.2) is 6.61 Å². The first-order chi connectivity index (χ1) is 12.5. The maximum atomic E-state index is 12.6. The summed E-state index contributed by atoms with van der Waals surface area (Å²) in [4.78, 5) is 25.2. The Kier molecular flexibility index (Phi) is 5.37. The van der Waals surface area contributed by atoms with E-state index >= 15 is 0 Å². The minimum Gasteiger partial charge on any atom is -0.484 e. The van der Waals surface area contributed by atoms with E-state index in [1.807, 2.05) is 29.2 Å². The van der Waals surface area contributed by atoms with Gasteiger partial charge in [-0.1, -0.05) is 29.8 Å². The standard InChI is InChI=1S/C21H22N2O3/c1-15-4-10-19-17(13-15)3-2-12-23(19)21(25)11-7-16-5-8-18(9-6-16)26-14-20(22)24/h4-11,13H,2-3,12,14H2,1H3,(H2,22,24)/b11-7+. The van der Waals surface area contributed by atoms with Crippen LogP contribution in [0.1, 0.15) is 23.1 Å². The molecule has 1 aliphatic heterocycles. The van der Waals surface area contributed by atoms with E-state index < -0.39 is 5.91 Å². The van der Waals surface area contributed by atoms with E-state index in [2.05, 4.69) is 13.0 Å². The lowest BCUT2D eigenvalue weighted by Crippen LogP contribution is -2.34. The number of carbonyl (C=O) groups is 2. The van der Waals surface area contributed by atoms with Gasteiger partial charge in [0, 0.05) is 18.3 Å². The molecule has 5 nitrogen and oxygen atoms in total. The smallest absolute Gasteiger partial charge is 0.255 e. The Morgan fingerprint density at radius 1 is 1.19 bits per heavy atom. The molecule has 0 bridgehead atoms. The molecular formula is C21H22N2O3. The molecule has 0 atom stereocenters. The van der Waals surface area contributed by atoms with Gasteiger partial charge >= 0.3 is 0 Å². The number of benzene rings is 2. The van der Waals surface area contributed by atoms with E-state index in [9.17, 15) is 9.59 Å². The third-order valence-corrected chi connectivity index (χ3v) is 4.30. The van der Waals surface area contributed by atoms with Crippen molar-refractivity contribution in [2.45, 2.75) is 19.8 Å². The zero-order valence-corrected chi connectivity index (χ0v) is 14.8. The minimum atomic E-state index is -0.517. The van der Waals surface area contributed by atoms with Crippen LogP contribution in [0.25, 0.3) is 6.08 Å². The highest BCUT2D eigenvalue weighted by Gasteiger charge is 2.20. The van der Waals surface area contributed by atoms with Crippen molar-refractivity contribution in [2.75, 3.05) is 18.1 Å². The summed E-state index contributed by atoms with van der Waals surface area (Å²) in [5.41, 5.74) is 9.38. The highest BCUT2D eigenvalue weighted by Crippen LogP contribution is 2.28. The molecular weight excluding hydrogens is 328 g/mol. The van der Waals surface area contributed by atoms with Gasteiger partial charge in [-0.2, -0.15) is 0 Å². The van der Waals surface area contributed by atoms with Crippen molar-refractivity contribution in [3.63, 3.8) is 0 Å². The SMILES string of the molecule is Cc1ccc2c(c1)CCCN2C(=O)/C=C/c1ccc(OCC(N)=O)cc1. The van der Waals surface area contributed by atoms with Crippen LogP contribution in [0, 0.1) is 6.92 Å². The number of aryl methyl sites for hydroxylation is 2. The monoisotopic (exact) mass is 350 g/mol. The number of amides is 2. The molecule has 1 heterocycles. The van der Waals surface area contributed by atoms with Gasteiger partial charge in [0.1, 0.15) is 5.75 Å². The van der Waals surface area contributed by atoms with Gasteiger partial charge < -0.3 is 15.4 Å². The highest BCUT2D eigenvalue weighted by atomic mass is 16.5. The van der Waals surface area contributed by atoms with Crippen molar-refractivity contribution < 1.29 is 14.3 Å². The van der Waals surface area contributed by atoms with Crippen molar-refractivity contribution in [1.82, 2.24) is 0 Å². The van der Waals surface area contributed by atoms with Gasteiger partial charge in [-0.15, -0.1) is 0 Å². The lowest BCUT2D eigenvalue weighted by molar-refractivity contribution is -0.120. The first kappa shape index (κ1) is 17.7. The molecule has 0 spiro atoms. The van der Waals surface area contributed by atoms with Gasteiger partial charge in [-0.3, -0.25) is 9.59 Å². The number of nitrogens with zero attached hydrogens (tertiary/aromatic N) is 1. The fourth-order valence-corrected chi connectivity index (χ4v) is 3.04. The van der Waals surface area contributed by atoms with Crippen LogP contribution in [0.3, 0.4) is 0 Å². The number of hydrogen-bond donors (Lipinski definition) is 1. The zero-order valence-electron chi connectivity index (χ0n) is 14.8. The van der Waals surface area contributed by atoms with Crippen molar-refractivity contribution in [1.29, 1.82) is 0 Å². The predicted molar refractivity (Wildman–Crippen MR) is 102 cm³/mol. The van der Waals surface area contributed by atoms with E-state index in [1.165, 1.54) is 11.1 Å². The van der Waals surface area contributed by atoms with Crippen molar-refractivity contribution in [3.8, 4) is 5.75 Å². The van der Waals surface area contributed by atoms with Crippen LogP contribution in [-0.4, -0.2) is 25.0 Å². The molecule has 2 N–H and O–H groups in total. The number of anilines is 1. The van der Waals surface area contributed by atoms with Crippen LogP contribution < -0.4 is 15.4 Å². The van der Waals surface area contributed by atoms with Gasteiger partial charge in [0.05, 0.1) is 0 Å². The van der Waals surface area contributed by atoms with Crippen LogP contribution in [0.4, 0.5) is 5.69 Å². The first-order valence-corrected chi connectivity index (χ1v) is 8.63. The Morgan fingerprint density at radius 3 is 2.69 bits per heavy atom. The Morgan fingerprint density at radius 2 is 1.96 bits per heavy atom. The maximum Gasteiger partial charge on any atom is 0.255 e. The normalized spacial score (nSPS) is 13.5. The maximum absolute atomic E-state index is 12.6. The summed E-state index contributed by atoms with van der Waals surface area (Å²) in [6.45, 7) is 2.65. The van der Waals surface area contributed by atoms with Crippen molar-refractivity contribution >= 4 is 23.6 Å². The Balaban J connectivity index is 1.68. The van der Waals surface area contributed by atoms with E-state index in [1.54, 1.807) is 24.3 Å². The summed E-state index contributed by atoms with van der Waals surface area (Å²) < 4.78 is 5.22. The van der Waals surface area contributed by atoms with E-state index in [0.717, 1.165) is 30.6 Å². The summed E-state index contributed by atoms with van der Waals surface area (Å²) >= 11 is 0. The lowest BCUT2D eigenvalue weighted by atomic mass is 9.99. The summed E-state index contributed by atoms with van der Waals surface area (Å²) in [6, 6.07) is 13.4. The average molecular weight is 350 g/mol. The van der Waals surface area contributed by atoms with Crippen LogP contribution in [0.15, 0.2) is 48.5 Å². The lowest BCUT2D eigenvalue weighted by Gasteiger charge is -2.29. The Bertz CT molecular complexity index is 841. The third kappa shape index (κ3) is 4.30. The topological polar surface area (TPSA) is 72.6 Å². The number of primary amides is 1. The molecule has 1 aliphatic rings. The molecule has 134 valence electrons. The number of nitrogens with two attached hydrogens (primary N) is 1. The molecule has 26 heavy (non-hydrogen) atoms. The van der Waals surface area contributed by atoms with Gasteiger partial charge in [-0.25, -0.2) is 0 Å². The molecule has 0 aromatic heterocycles. The summed E-state index contributed by atoms with van der Waals surface area (Å²) in [7, 11) is 0. The fraction of sp³-hybridized carbons (Fsp3) is 0.238. The van der Waals surface area contributed by atoms with Crippen LogP contribution in [-0.2, 0) is 16.0 Å². The highest BCUT2D eigenvalue weighted by molar-refractivity contribution is 6.04. The Hall–Kier alpha value is -3.08. The zero-order chi connectivity index (χ0) is 18.5. The van der Waals surface area contributed by atoms with E-state index in [4.69, 9.17) is 10.5 Å². The molecule has 0 saturated heterocycles. The quantitative estimate of drug-likeness (QED) is 0.843. The summed E-state index contributed by atoms with van der Waals surface area (Å²) in [6.07, 6.45) is 5.36. The minimum absolute atomic E-state index is 0.0242. The second kappa shape index (κ2) is 7.87. The molecule has 0 saturated carbocycles. The number of fused-ring (bicyclic) bond motifs is 1. The number of hydrogen-bond acceptors (Lipinski definition) is 3. The van der Waals surface area contributed by atoms with Crippen molar-refractivity contribution in [2.24, 2.45) is 5.73 Å². The summed E-state index contributed by atoms with van der Waals surface area (Å²) in [5, 5.41) is 0. The molecule has 2 aromatic carbocycles. The number of rotatable bonds is 5. The molecule has 2 amide bonds. The molecule has 2 aromatic rings. The second-order valence-electron chi connectivity index (χ2n) is 6.38. The number of ether oxygens (including phenoxy) is 1. The molecule has 5 heteroatoms. The molecule has 0 fully saturated rings. The van der Waals surface area contributed by atoms with E-state index in [0.29, 0.717) is 5.75 Å². The van der Waals surface area contributed by atoms with Crippen LogP contribution in [0.5, 0.6) is 5.75 Å². The van der Waals surface area contributed by atoms with Gasteiger partial charge in [-0.05, 0) is 55.2 Å². The largest absolute Gasteiger partial charge is 0.484 e. The van der Waals surface area contributed by atoms with Crippen LogP contribution >= 0.6 is 0 Å². The predicted octanol–water partition coefficient (Wildman–Crippen LogP) is 2.85. The van der Waals surface area contributed by atoms with Crippen molar-refractivity contribution in [3.05, 3.63) is 65.2 Å². The average Bonchev–Trinajstić information content (AvgIpc) is 2.64. The van der Waals surface area contributed by atoms with Crippen LogP contribution in [0.2, 0.25) is 0 Å². The number of carbonyl (C=O) groups excluding carboxylic acids is 2. The molecule has 0 aliphatic carbocycles. The fourth-order valence-electron chi connectivity index (χ4n) is 3.04. The van der Waals surface area contributed by atoms with Gasteiger partial charge in [0.25, 0.3) is 11.8 Å². The first-order valence-electron chi connectivity index (χ1n) is 8.63. The third-order valence-electron chi connectivity index (χ3n) is 4.30. The molecule has 3 rings (SSSR count).